The molecule has 1 atom stereocenters. The molecule has 0 fully saturated rings. The highest BCUT2D eigenvalue weighted by atomic mass is 32.2. The number of nitrogens with one attached hydrogen (secondary N) is 1. The molecular weight excluding hydrogens is 428 g/mol. The van der Waals surface area contributed by atoms with Gasteiger partial charge in [-0.1, -0.05) is 50.8 Å². The van der Waals surface area contributed by atoms with E-state index in [2.05, 4.69) is 19.2 Å². The molecule has 170 valence electrons. The molecule has 31 heavy (non-hydrogen) atoms. The molecule has 0 aliphatic carbocycles. The van der Waals surface area contributed by atoms with Gasteiger partial charge in [0.05, 0.1) is 10.6 Å². The van der Waals surface area contributed by atoms with Gasteiger partial charge in [0.1, 0.15) is 6.54 Å². The summed E-state index contributed by atoms with van der Waals surface area (Å²) >= 11 is 1.55. The third-order valence-corrected chi connectivity index (χ3v) is 7.92. The largest absolute Gasteiger partial charge is 0.354 e. The lowest BCUT2D eigenvalue weighted by molar-refractivity contribution is -0.119. The first-order valence-corrected chi connectivity index (χ1v) is 13.5. The molecule has 0 unspecified atom stereocenters. The average Bonchev–Trinajstić information content (AvgIpc) is 2.78. The number of unbranched alkanes of at least 4 members (excludes halogenated alkanes) is 1. The maximum absolute atomic E-state index is 13.4. The molecule has 0 aromatic heterocycles. The summed E-state index contributed by atoms with van der Waals surface area (Å²) in [6, 6.07) is 13.9. The molecule has 2 aromatic rings. The van der Waals surface area contributed by atoms with Crippen LogP contribution >= 0.6 is 11.8 Å². The third-order valence-electron chi connectivity index (χ3n) is 5.39. The number of carbonyl (C=O) groups excluding carboxylic acids is 1. The van der Waals surface area contributed by atoms with E-state index in [1.807, 2.05) is 25.3 Å². The Labute approximate surface area is 191 Å². The Morgan fingerprint density at radius 1 is 1.06 bits per heavy atom. The number of carbonyl (C=O) groups is 1. The fraction of sp³-hybridized carbons (Fsp3) is 0.458. The molecule has 5 nitrogen and oxygen atoms in total. The summed E-state index contributed by atoms with van der Waals surface area (Å²) < 4.78 is 28.1. The van der Waals surface area contributed by atoms with Crippen LogP contribution in [0.4, 0.5) is 5.69 Å². The van der Waals surface area contributed by atoms with Crippen molar-refractivity contribution in [3.63, 3.8) is 0 Å². The highest BCUT2D eigenvalue weighted by Crippen LogP contribution is 2.25. The van der Waals surface area contributed by atoms with E-state index in [-0.39, 0.29) is 17.3 Å². The van der Waals surface area contributed by atoms with Crippen molar-refractivity contribution in [3.05, 3.63) is 54.1 Å². The standard InChI is InChI=1S/C24H34N2O3S2/c1-5-7-8-20(6-2)17-25-24(27)18-26(21-11-9-19(3)10-12-21)31(28,29)23-15-13-22(30-4)14-16-23/h9-16,20H,5-8,17-18H2,1-4H3,(H,25,27)/t20-/m1/s1. The van der Waals surface area contributed by atoms with Gasteiger partial charge in [0, 0.05) is 11.4 Å². The van der Waals surface area contributed by atoms with Gasteiger partial charge in [0.2, 0.25) is 5.91 Å². The average molecular weight is 463 g/mol. The van der Waals surface area contributed by atoms with Gasteiger partial charge in [-0.05, 0) is 61.9 Å². The Morgan fingerprint density at radius 2 is 1.71 bits per heavy atom. The van der Waals surface area contributed by atoms with Crippen LogP contribution in [0.1, 0.15) is 45.1 Å². The predicted molar refractivity (Wildman–Crippen MR) is 130 cm³/mol. The molecule has 1 amide bonds. The highest BCUT2D eigenvalue weighted by Gasteiger charge is 2.27. The molecule has 7 heteroatoms. The maximum Gasteiger partial charge on any atom is 0.264 e. The topological polar surface area (TPSA) is 66.5 Å². The summed E-state index contributed by atoms with van der Waals surface area (Å²) in [5.74, 6) is 0.118. The molecule has 0 aliphatic heterocycles. The third kappa shape index (κ3) is 7.28. The van der Waals surface area contributed by atoms with E-state index < -0.39 is 10.0 Å². The molecule has 0 aliphatic rings. The van der Waals surface area contributed by atoms with Gasteiger partial charge >= 0.3 is 0 Å². The minimum atomic E-state index is -3.88. The summed E-state index contributed by atoms with van der Waals surface area (Å²) in [6.07, 6.45) is 6.25. The number of hydrogen-bond acceptors (Lipinski definition) is 4. The van der Waals surface area contributed by atoms with Crippen LogP contribution in [-0.4, -0.2) is 33.7 Å². The van der Waals surface area contributed by atoms with Crippen molar-refractivity contribution in [1.29, 1.82) is 0 Å². The van der Waals surface area contributed by atoms with E-state index >= 15 is 0 Å². The number of thioether (sulfide) groups is 1. The van der Waals surface area contributed by atoms with Crippen LogP contribution in [0.25, 0.3) is 0 Å². The summed E-state index contributed by atoms with van der Waals surface area (Å²) in [4.78, 5) is 13.9. The van der Waals surface area contributed by atoms with Crippen LogP contribution in [-0.2, 0) is 14.8 Å². The van der Waals surface area contributed by atoms with Gasteiger partial charge < -0.3 is 5.32 Å². The van der Waals surface area contributed by atoms with Crippen molar-refractivity contribution in [2.45, 2.75) is 56.2 Å². The van der Waals surface area contributed by atoms with Gasteiger partial charge in [-0.25, -0.2) is 8.42 Å². The smallest absolute Gasteiger partial charge is 0.264 e. The lowest BCUT2D eigenvalue weighted by Crippen LogP contribution is -2.42. The molecule has 0 spiro atoms. The highest BCUT2D eigenvalue weighted by molar-refractivity contribution is 7.98. The monoisotopic (exact) mass is 462 g/mol. The van der Waals surface area contributed by atoms with Crippen LogP contribution in [0, 0.1) is 12.8 Å². The van der Waals surface area contributed by atoms with E-state index in [9.17, 15) is 13.2 Å². The Bertz CT molecular complexity index is 926. The Hall–Kier alpha value is -1.99. The summed E-state index contributed by atoms with van der Waals surface area (Å²) in [7, 11) is -3.88. The second-order valence-corrected chi connectivity index (χ2v) is 10.5. The molecule has 0 saturated carbocycles. The van der Waals surface area contributed by atoms with Crippen LogP contribution in [0.15, 0.2) is 58.3 Å². The molecular formula is C24H34N2O3S2. The minimum absolute atomic E-state index is 0.174. The number of nitrogens with zero attached hydrogens (tertiary/aromatic N) is 1. The van der Waals surface area contributed by atoms with Gasteiger partial charge in [-0.15, -0.1) is 11.8 Å². The molecule has 2 rings (SSSR count). The number of anilines is 1. The zero-order chi connectivity index (χ0) is 22.9. The lowest BCUT2D eigenvalue weighted by Gasteiger charge is -2.25. The van der Waals surface area contributed by atoms with Gasteiger partial charge in [0.15, 0.2) is 0 Å². The van der Waals surface area contributed by atoms with E-state index in [4.69, 9.17) is 0 Å². The van der Waals surface area contributed by atoms with Crippen molar-refractivity contribution < 1.29 is 13.2 Å². The van der Waals surface area contributed by atoms with E-state index in [1.54, 1.807) is 48.2 Å². The number of amides is 1. The normalized spacial score (nSPS) is 12.4. The number of rotatable bonds is 12. The molecule has 0 heterocycles. The molecule has 1 N–H and O–H groups in total. The quantitative estimate of drug-likeness (QED) is 0.438. The second-order valence-electron chi connectivity index (χ2n) is 7.74. The van der Waals surface area contributed by atoms with Crippen molar-refractivity contribution in [2.24, 2.45) is 5.92 Å². The van der Waals surface area contributed by atoms with Crippen LogP contribution in [0.3, 0.4) is 0 Å². The van der Waals surface area contributed by atoms with Gasteiger partial charge in [-0.2, -0.15) is 0 Å². The van der Waals surface area contributed by atoms with Gasteiger partial charge in [-0.3, -0.25) is 9.10 Å². The van der Waals surface area contributed by atoms with Crippen molar-refractivity contribution >= 4 is 33.4 Å². The Kier molecular flexibility index (Phi) is 9.91. The van der Waals surface area contributed by atoms with Crippen molar-refractivity contribution in [1.82, 2.24) is 5.32 Å². The van der Waals surface area contributed by atoms with Gasteiger partial charge in [0.25, 0.3) is 10.0 Å². The zero-order valence-electron chi connectivity index (χ0n) is 18.9. The molecule has 2 aromatic carbocycles. The lowest BCUT2D eigenvalue weighted by atomic mass is 9.99. The molecule has 0 saturated heterocycles. The van der Waals surface area contributed by atoms with Crippen molar-refractivity contribution in [2.75, 3.05) is 23.7 Å². The van der Waals surface area contributed by atoms with E-state index in [0.717, 1.165) is 36.1 Å². The van der Waals surface area contributed by atoms with Crippen LogP contribution in [0.5, 0.6) is 0 Å². The SMILES string of the molecule is CCCC[C@@H](CC)CNC(=O)CN(c1ccc(C)cc1)S(=O)(=O)c1ccc(SC)cc1. The number of aryl methyl sites for hydroxylation is 1. The summed E-state index contributed by atoms with van der Waals surface area (Å²) in [5.41, 5.74) is 1.50. The fourth-order valence-electron chi connectivity index (χ4n) is 3.29. The molecule has 0 radical (unpaired) electrons. The van der Waals surface area contributed by atoms with Crippen LogP contribution < -0.4 is 9.62 Å². The predicted octanol–water partition coefficient (Wildman–Crippen LogP) is 5.24. The first kappa shape index (κ1) is 25.3. The number of hydrogen-bond donors (Lipinski definition) is 1. The Balaban J connectivity index is 2.24. The van der Waals surface area contributed by atoms with E-state index in [0.29, 0.717) is 18.2 Å². The summed E-state index contributed by atoms with van der Waals surface area (Å²) in [5, 5.41) is 2.95. The summed E-state index contributed by atoms with van der Waals surface area (Å²) in [6.45, 7) is 6.53. The van der Waals surface area contributed by atoms with Crippen molar-refractivity contribution in [3.8, 4) is 0 Å². The zero-order valence-corrected chi connectivity index (χ0v) is 20.6. The number of sulfonamides is 1. The minimum Gasteiger partial charge on any atom is -0.354 e. The maximum atomic E-state index is 13.4. The molecule has 0 bridgehead atoms. The van der Waals surface area contributed by atoms with E-state index in [1.165, 1.54) is 4.31 Å². The first-order chi connectivity index (χ1) is 14.8. The van der Waals surface area contributed by atoms with Crippen LogP contribution in [0.2, 0.25) is 0 Å². The second kappa shape index (κ2) is 12.2. The Morgan fingerprint density at radius 3 is 2.26 bits per heavy atom. The number of benzene rings is 2. The first-order valence-electron chi connectivity index (χ1n) is 10.8. The fourth-order valence-corrected chi connectivity index (χ4v) is 5.12.